The molecule has 2 heterocycles. The molecule has 0 aromatic rings. The zero-order valence-electron chi connectivity index (χ0n) is 10.6. The summed E-state index contributed by atoms with van der Waals surface area (Å²) < 4.78 is 31.8. The summed E-state index contributed by atoms with van der Waals surface area (Å²) in [6, 6.07) is 0. The molecule has 2 fully saturated rings. The van der Waals surface area contributed by atoms with Gasteiger partial charge in [0.15, 0.2) is 0 Å². The maximum absolute atomic E-state index is 12.5. The molecule has 17 heavy (non-hydrogen) atoms. The van der Waals surface area contributed by atoms with Crippen LogP contribution in [0, 0.1) is 0 Å². The lowest BCUT2D eigenvalue weighted by Crippen LogP contribution is -2.59. The summed E-state index contributed by atoms with van der Waals surface area (Å²) in [5.74, 6) is 0. The van der Waals surface area contributed by atoms with Crippen LogP contribution in [0.4, 0.5) is 0 Å². The van der Waals surface area contributed by atoms with Crippen LogP contribution in [-0.4, -0.2) is 56.4 Å². The van der Waals surface area contributed by atoms with Crippen molar-refractivity contribution in [2.75, 3.05) is 32.8 Å². The van der Waals surface area contributed by atoms with Crippen molar-refractivity contribution < 1.29 is 13.2 Å². The first-order valence-electron chi connectivity index (χ1n) is 6.24. The van der Waals surface area contributed by atoms with Crippen molar-refractivity contribution in [1.82, 2.24) is 9.62 Å². The maximum Gasteiger partial charge on any atom is 0.217 e. The molecule has 2 saturated heterocycles. The maximum atomic E-state index is 12.5. The highest BCUT2D eigenvalue weighted by Gasteiger charge is 2.38. The van der Waals surface area contributed by atoms with Crippen LogP contribution in [0.25, 0.3) is 0 Å². The number of ether oxygens (including phenoxy) is 1. The van der Waals surface area contributed by atoms with Crippen molar-refractivity contribution in [3.8, 4) is 0 Å². The van der Waals surface area contributed by atoms with Gasteiger partial charge in [-0.25, -0.2) is 8.42 Å². The summed E-state index contributed by atoms with van der Waals surface area (Å²) in [7, 11) is -3.14. The molecule has 0 radical (unpaired) electrons. The van der Waals surface area contributed by atoms with Crippen molar-refractivity contribution >= 4 is 10.0 Å². The summed E-state index contributed by atoms with van der Waals surface area (Å²) >= 11 is 0. The minimum Gasteiger partial charge on any atom is -0.381 e. The average molecular weight is 262 g/mol. The topological polar surface area (TPSA) is 58.6 Å². The third-order valence-electron chi connectivity index (χ3n) is 3.49. The Morgan fingerprint density at radius 2 is 1.94 bits per heavy atom. The second-order valence-corrected chi connectivity index (χ2v) is 7.71. The molecule has 0 saturated carbocycles. The fourth-order valence-electron chi connectivity index (χ4n) is 2.50. The van der Waals surface area contributed by atoms with Crippen LogP contribution in [0.1, 0.15) is 26.7 Å². The zero-order valence-corrected chi connectivity index (χ0v) is 11.4. The molecule has 5 nitrogen and oxygen atoms in total. The van der Waals surface area contributed by atoms with E-state index in [1.165, 1.54) is 0 Å². The fourth-order valence-corrected chi connectivity index (χ4v) is 4.55. The minimum atomic E-state index is -3.14. The first-order valence-corrected chi connectivity index (χ1v) is 7.74. The molecule has 2 aliphatic rings. The number of piperazine rings is 1. The van der Waals surface area contributed by atoms with Gasteiger partial charge in [-0.15, -0.1) is 0 Å². The second-order valence-electron chi connectivity index (χ2n) is 5.50. The standard InChI is InChI=1S/C11H22N2O3S/c1-11(2)9-13(6-5-12-11)17(14,15)10-3-7-16-8-4-10/h10,12H,3-9H2,1-2H3. The normalized spacial score (nSPS) is 28.1. The van der Waals surface area contributed by atoms with Crippen LogP contribution < -0.4 is 5.32 Å². The van der Waals surface area contributed by atoms with Gasteiger partial charge in [0.05, 0.1) is 5.25 Å². The molecule has 100 valence electrons. The van der Waals surface area contributed by atoms with Gasteiger partial charge >= 0.3 is 0 Å². The van der Waals surface area contributed by atoms with Crippen LogP contribution in [0.15, 0.2) is 0 Å². The van der Waals surface area contributed by atoms with Crippen molar-refractivity contribution in [2.24, 2.45) is 0 Å². The molecule has 0 atom stereocenters. The van der Waals surface area contributed by atoms with Gasteiger partial charge in [0.2, 0.25) is 10.0 Å². The molecule has 1 N–H and O–H groups in total. The Bertz CT molecular complexity index is 361. The summed E-state index contributed by atoms with van der Waals surface area (Å²) in [5, 5.41) is 3.09. The number of nitrogens with zero attached hydrogens (tertiary/aromatic N) is 1. The molecule has 6 heteroatoms. The number of nitrogens with one attached hydrogen (secondary N) is 1. The lowest BCUT2D eigenvalue weighted by atomic mass is 10.0. The largest absolute Gasteiger partial charge is 0.381 e. The quantitative estimate of drug-likeness (QED) is 0.771. The third-order valence-corrected chi connectivity index (χ3v) is 5.83. The van der Waals surface area contributed by atoms with Crippen molar-refractivity contribution in [3.63, 3.8) is 0 Å². The van der Waals surface area contributed by atoms with Crippen molar-refractivity contribution in [1.29, 1.82) is 0 Å². The Balaban J connectivity index is 2.09. The van der Waals surface area contributed by atoms with E-state index in [0.29, 0.717) is 39.1 Å². The third kappa shape index (κ3) is 2.99. The second kappa shape index (κ2) is 4.84. The van der Waals surface area contributed by atoms with Crippen LogP contribution >= 0.6 is 0 Å². The van der Waals surface area contributed by atoms with Crippen molar-refractivity contribution in [2.45, 2.75) is 37.5 Å². The van der Waals surface area contributed by atoms with Gasteiger partial charge in [-0.3, -0.25) is 0 Å². The van der Waals surface area contributed by atoms with E-state index < -0.39 is 10.0 Å². The first kappa shape index (κ1) is 13.3. The highest BCUT2D eigenvalue weighted by Crippen LogP contribution is 2.22. The molecule has 0 spiro atoms. The predicted octanol–water partition coefficient (Wildman–Crippen LogP) is 0.179. The molecule has 0 aliphatic carbocycles. The Labute approximate surface area is 104 Å². The Morgan fingerprint density at radius 1 is 1.29 bits per heavy atom. The number of hydrogen-bond acceptors (Lipinski definition) is 4. The van der Waals surface area contributed by atoms with Gasteiger partial charge in [0.1, 0.15) is 0 Å². The zero-order chi connectivity index (χ0) is 12.5. The average Bonchev–Trinajstić information content (AvgIpc) is 2.29. The SMILES string of the molecule is CC1(C)CN(S(=O)(=O)C2CCOCC2)CCN1. The van der Waals surface area contributed by atoms with Crippen molar-refractivity contribution in [3.05, 3.63) is 0 Å². The lowest BCUT2D eigenvalue weighted by Gasteiger charge is -2.40. The van der Waals surface area contributed by atoms with E-state index in [4.69, 9.17) is 4.74 Å². The van der Waals surface area contributed by atoms with Crippen LogP contribution in [0.5, 0.6) is 0 Å². The molecule has 2 aliphatic heterocycles. The molecular formula is C11H22N2O3S. The van der Waals surface area contributed by atoms with Crippen LogP contribution in [-0.2, 0) is 14.8 Å². The number of hydrogen-bond donors (Lipinski definition) is 1. The van der Waals surface area contributed by atoms with Gasteiger partial charge in [-0.1, -0.05) is 0 Å². The van der Waals surface area contributed by atoms with Gasteiger partial charge < -0.3 is 10.1 Å². The predicted molar refractivity (Wildman–Crippen MR) is 66.4 cm³/mol. The van der Waals surface area contributed by atoms with Crippen LogP contribution in [0.3, 0.4) is 0 Å². The van der Waals surface area contributed by atoms with E-state index in [9.17, 15) is 8.42 Å². The molecule has 2 rings (SSSR count). The Hall–Kier alpha value is -0.170. The van der Waals surface area contributed by atoms with E-state index >= 15 is 0 Å². The van der Waals surface area contributed by atoms with Crippen LogP contribution in [0.2, 0.25) is 0 Å². The van der Waals surface area contributed by atoms with Gasteiger partial charge in [0.25, 0.3) is 0 Å². The van der Waals surface area contributed by atoms with E-state index in [1.54, 1.807) is 4.31 Å². The van der Waals surface area contributed by atoms with Gasteiger partial charge in [0, 0.05) is 38.4 Å². The number of rotatable bonds is 2. The molecule has 0 aromatic carbocycles. The molecule has 0 bridgehead atoms. The van der Waals surface area contributed by atoms with E-state index in [1.807, 2.05) is 13.8 Å². The minimum absolute atomic E-state index is 0.128. The molecule has 0 aromatic heterocycles. The van der Waals surface area contributed by atoms with Gasteiger partial charge in [-0.05, 0) is 26.7 Å². The summed E-state index contributed by atoms with van der Waals surface area (Å²) in [6.07, 6.45) is 1.26. The summed E-state index contributed by atoms with van der Waals surface area (Å²) in [5.41, 5.74) is -0.128. The highest BCUT2D eigenvalue weighted by molar-refractivity contribution is 7.89. The van der Waals surface area contributed by atoms with E-state index in [-0.39, 0.29) is 10.8 Å². The first-order chi connectivity index (χ1) is 7.92. The highest BCUT2D eigenvalue weighted by atomic mass is 32.2. The molecule has 0 unspecified atom stereocenters. The smallest absolute Gasteiger partial charge is 0.217 e. The lowest BCUT2D eigenvalue weighted by molar-refractivity contribution is 0.0965. The number of sulfonamides is 1. The monoisotopic (exact) mass is 262 g/mol. The summed E-state index contributed by atoms with van der Waals surface area (Å²) in [6.45, 7) is 7.10. The Morgan fingerprint density at radius 3 is 2.53 bits per heavy atom. The van der Waals surface area contributed by atoms with E-state index in [0.717, 1.165) is 6.54 Å². The van der Waals surface area contributed by atoms with E-state index in [2.05, 4.69) is 5.32 Å². The Kier molecular flexibility index (Phi) is 3.77. The summed E-state index contributed by atoms with van der Waals surface area (Å²) in [4.78, 5) is 0. The molecular weight excluding hydrogens is 240 g/mol. The molecule has 0 amide bonds. The van der Waals surface area contributed by atoms with Gasteiger partial charge in [-0.2, -0.15) is 4.31 Å². The fraction of sp³-hybridized carbons (Fsp3) is 1.00.